The van der Waals surface area contributed by atoms with Gasteiger partial charge in [0.25, 0.3) is 0 Å². The predicted molar refractivity (Wildman–Crippen MR) is 65.4 cm³/mol. The van der Waals surface area contributed by atoms with Crippen molar-refractivity contribution in [2.75, 3.05) is 40.3 Å². The fraction of sp³-hybridized carbons (Fsp3) is 0.818. The number of nitrogens with zero attached hydrogens (tertiary/aromatic N) is 2. The quantitative estimate of drug-likeness (QED) is 0.636. The molecule has 98 valence electrons. The monoisotopic (exact) mass is 242 g/mol. The average Bonchev–Trinajstić information content (AvgIpc) is 2.35. The summed E-state index contributed by atoms with van der Waals surface area (Å²) in [4.78, 5) is 26.7. The number of hydrogen-bond donors (Lipinski definition) is 2. The molecule has 0 aliphatic carbocycles. The first-order chi connectivity index (χ1) is 8.04. The lowest BCUT2D eigenvalue weighted by Crippen LogP contribution is -2.48. The molecule has 0 saturated carbocycles. The van der Waals surface area contributed by atoms with Gasteiger partial charge in [-0.05, 0) is 33.0 Å². The molecule has 3 N–H and O–H groups in total. The number of nitrogens with two attached hydrogens (primary N) is 1. The molecule has 1 fully saturated rings. The van der Waals surface area contributed by atoms with Crippen LogP contribution >= 0.6 is 0 Å². The molecule has 0 radical (unpaired) electrons. The molecule has 0 aromatic carbocycles. The van der Waals surface area contributed by atoms with Gasteiger partial charge in [0, 0.05) is 13.1 Å². The molecule has 1 heterocycles. The van der Waals surface area contributed by atoms with Gasteiger partial charge in [-0.2, -0.15) is 0 Å². The number of amides is 2. The van der Waals surface area contributed by atoms with Crippen LogP contribution in [0.15, 0.2) is 0 Å². The van der Waals surface area contributed by atoms with Crippen LogP contribution in [0.4, 0.5) is 0 Å². The summed E-state index contributed by atoms with van der Waals surface area (Å²) in [6, 6.07) is 0.286. The van der Waals surface area contributed by atoms with E-state index in [-0.39, 0.29) is 30.9 Å². The van der Waals surface area contributed by atoms with E-state index in [2.05, 4.69) is 17.3 Å². The first kappa shape index (κ1) is 13.9. The molecule has 0 aromatic heterocycles. The maximum atomic E-state index is 11.8. The standard InChI is InChI=1S/C11H22N4O2/c1-14-5-3-9(4-6-14)15(2)11(17)8-13-10(16)7-12/h9H,3-8,12H2,1-2H3,(H,13,16). The molecule has 1 saturated heterocycles. The highest BCUT2D eigenvalue weighted by Gasteiger charge is 2.23. The van der Waals surface area contributed by atoms with E-state index in [1.54, 1.807) is 11.9 Å². The molecule has 2 amide bonds. The molecule has 1 aliphatic rings. The smallest absolute Gasteiger partial charge is 0.241 e. The molecule has 0 spiro atoms. The Morgan fingerprint density at radius 1 is 1.41 bits per heavy atom. The molecule has 0 atom stereocenters. The Kier molecular flexibility index (Phi) is 5.37. The van der Waals surface area contributed by atoms with Crippen LogP contribution in [0, 0.1) is 0 Å². The van der Waals surface area contributed by atoms with E-state index in [0.717, 1.165) is 25.9 Å². The maximum absolute atomic E-state index is 11.8. The SMILES string of the molecule is CN1CCC(N(C)C(=O)CNC(=O)CN)CC1. The highest BCUT2D eigenvalue weighted by Crippen LogP contribution is 2.13. The Morgan fingerprint density at radius 2 is 2.00 bits per heavy atom. The average molecular weight is 242 g/mol. The minimum Gasteiger partial charge on any atom is -0.346 e. The van der Waals surface area contributed by atoms with Gasteiger partial charge >= 0.3 is 0 Å². The van der Waals surface area contributed by atoms with Gasteiger partial charge in [0.15, 0.2) is 0 Å². The van der Waals surface area contributed by atoms with Crippen molar-refractivity contribution < 1.29 is 9.59 Å². The Labute approximate surface area is 102 Å². The van der Waals surface area contributed by atoms with Crippen molar-refractivity contribution in [1.82, 2.24) is 15.1 Å². The second-order valence-corrected chi connectivity index (χ2v) is 4.52. The third-order valence-electron chi connectivity index (χ3n) is 3.25. The fourth-order valence-corrected chi connectivity index (χ4v) is 1.96. The van der Waals surface area contributed by atoms with Crippen molar-refractivity contribution in [3.63, 3.8) is 0 Å². The van der Waals surface area contributed by atoms with Crippen molar-refractivity contribution in [2.45, 2.75) is 18.9 Å². The lowest BCUT2D eigenvalue weighted by Gasteiger charge is -2.35. The lowest BCUT2D eigenvalue weighted by atomic mass is 10.0. The van der Waals surface area contributed by atoms with Gasteiger partial charge < -0.3 is 20.9 Å². The second-order valence-electron chi connectivity index (χ2n) is 4.52. The minimum atomic E-state index is -0.296. The van der Waals surface area contributed by atoms with Gasteiger partial charge in [-0.25, -0.2) is 0 Å². The summed E-state index contributed by atoms with van der Waals surface area (Å²) >= 11 is 0. The van der Waals surface area contributed by atoms with E-state index >= 15 is 0 Å². The molecule has 1 aliphatic heterocycles. The minimum absolute atomic E-state index is 0.0405. The van der Waals surface area contributed by atoms with Crippen LogP contribution in [0.1, 0.15) is 12.8 Å². The van der Waals surface area contributed by atoms with Gasteiger partial charge in [0.1, 0.15) is 0 Å². The fourth-order valence-electron chi connectivity index (χ4n) is 1.96. The number of carbonyl (C=O) groups is 2. The van der Waals surface area contributed by atoms with Gasteiger partial charge in [-0.15, -0.1) is 0 Å². The van der Waals surface area contributed by atoms with E-state index in [1.165, 1.54) is 0 Å². The predicted octanol–water partition coefficient (Wildman–Crippen LogP) is -1.39. The van der Waals surface area contributed by atoms with Crippen molar-refractivity contribution in [1.29, 1.82) is 0 Å². The zero-order valence-corrected chi connectivity index (χ0v) is 10.6. The van der Waals surface area contributed by atoms with Gasteiger partial charge in [-0.3, -0.25) is 9.59 Å². The molecule has 0 unspecified atom stereocenters. The number of likely N-dealkylation sites (tertiary alicyclic amines) is 1. The molecule has 6 nitrogen and oxygen atoms in total. The number of hydrogen-bond acceptors (Lipinski definition) is 4. The zero-order chi connectivity index (χ0) is 12.8. The molecule has 6 heteroatoms. The Balaban J connectivity index is 2.33. The first-order valence-electron chi connectivity index (χ1n) is 5.95. The highest BCUT2D eigenvalue weighted by molar-refractivity contribution is 5.85. The summed E-state index contributed by atoms with van der Waals surface area (Å²) in [7, 11) is 3.88. The number of likely N-dealkylation sites (N-methyl/N-ethyl adjacent to an activating group) is 1. The van der Waals surface area contributed by atoms with Crippen LogP contribution in [0.5, 0.6) is 0 Å². The van der Waals surface area contributed by atoms with Crippen LogP contribution in [0.2, 0.25) is 0 Å². The van der Waals surface area contributed by atoms with Crippen LogP contribution < -0.4 is 11.1 Å². The van der Waals surface area contributed by atoms with E-state index in [4.69, 9.17) is 5.73 Å². The molecule has 0 aromatic rings. The van der Waals surface area contributed by atoms with Crippen molar-refractivity contribution in [2.24, 2.45) is 5.73 Å². The van der Waals surface area contributed by atoms with Gasteiger partial charge in [0.2, 0.25) is 11.8 Å². The molecule has 0 bridgehead atoms. The van der Waals surface area contributed by atoms with Crippen molar-refractivity contribution in [3.05, 3.63) is 0 Å². The van der Waals surface area contributed by atoms with E-state index in [9.17, 15) is 9.59 Å². The van der Waals surface area contributed by atoms with E-state index in [1.807, 2.05) is 0 Å². The third-order valence-corrected chi connectivity index (χ3v) is 3.25. The molecular weight excluding hydrogens is 220 g/mol. The largest absolute Gasteiger partial charge is 0.346 e. The van der Waals surface area contributed by atoms with Crippen molar-refractivity contribution in [3.8, 4) is 0 Å². The summed E-state index contributed by atoms with van der Waals surface area (Å²) in [6.45, 7) is 1.99. The summed E-state index contributed by atoms with van der Waals surface area (Å²) in [5.74, 6) is -0.350. The highest BCUT2D eigenvalue weighted by atomic mass is 16.2. The number of nitrogens with one attached hydrogen (secondary N) is 1. The first-order valence-corrected chi connectivity index (χ1v) is 5.95. The second kappa shape index (κ2) is 6.56. The summed E-state index contributed by atoms with van der Waals surface area (Å²) in [5.41, 5.74) is 5.15. The van der Waals surface area contributed by atoms with E-state index < -0.39 is 0 Å². The van der Waals surface area contributed by atoms with Crippen LogP contribution in [-0.4, -0.2) is 67.9 Å². The normalized spacial score (nSPS) is 17.8. The van der Waals surface area contributed by atoms with Crippen LogP contribution in [0.25, 0.3) is 0 Å². The number of carbonyl (C=O) groups excluding carboxylic acids is 2. The Bertz CT molecular complexity index is 275. The number of piperidine rings is 1. The zero-order valence-electron chi connectivity index (χ0n) is 10.6. The lowest BCUT2D eigenvalue weighted by molar-refractivity contribution is -0.133. The summed E-state index contributed by atoms with van der Waals surface area (Å²) in [6.07, 6.45) is 1.98. The van der Waals surface area contributed by atoms with E-state index in [0.29, 0.717) is 0 Å². The van der Waals surface area contributed by atoms with Crippen LogP contribution in [-0.2, 0) is 9.59 Å². The van der Waals surface area contributed by atoms with Crippen LogP contribution in [0.3, 0.4) is 0 Å². The molecule has 1 rings (SSSR count). The Hall–Kier alpha value is -1.14. The summed E-state index contributed by atoms with van der Waals surface area (Å²) < 4.78 is 0. The van der Waals surface area contributed by atoms with Gasteiger partial charge in [0.05, 0.1) is 13.1 Å². The number of rotatable bonds is 4. The topological polar surface area (TPSA) is 78.7 Å². The van der Waals surface area contributed by atoms with Gasteiger partial charge in [-0.1, -0.05) is 0 Å². The molecule has 17 heavy (non-hydrogen) atoms. The molecular formula is C11H22N4O2. The Morgan fingerprint density at radius 3 is 2.53 bits per heavy atom. The maximum Gasteiger partial charge on any atom is 0.241 e. The summed E-state index contributed by atoms with van der Waals surface area (Å²) in [5, 5.41) is 2.50. The van der Waals surface area contributed by atoms with Crippen molar-refractivity contribution >= 4 is 11.8 Å². The third kappa shape index (κ3) is 4.32.